The fourth-order valence-corrected chi connectivity index (χ4v) is 2.61. The average Bonchev–Trinajstić information content (AvgIpc) is 2.88. The molecule has 2 rings (SSSR count). The second-order valence-corrected chi connectivity index (χ2v) is 6.99. The topological polar surface area (TPSA) is 91.1 Å². The first kappa shape index (κ1) is 26.1. The maximum Gasteiger partial charge on any atom is 0.306 e. The Morgan fingerprint density at radius 2 is 1.48 bits per heavy atom. The number of carbonyl (C=O) groups excluding carboxylic acids is 2. The van der Waals surface area contributed by atoms with Gasteiger partial charge in [0.25, 0.3) is 0 Å². The van der Waals surface area contributed by atoms with Crippen molar-refractivity contribution in [2.75, 3.05) is 26.7 Å². The van der Waals surface area contributed by atoms with Crippen molar-refractivity contribution < 1.29 is 30.8 Å². The summed E-state index contributed by atoms with van der Waals surface area (Å²) in [6, 6.07) is 14.8. The summed E-state index contributed by atoms with van der Waals surface area (Å²) in [4.78, 5) is 23.3. The molecule has 33 heavy (non-hydrogen) atoms. The standard InChI is InChI=1S/C20H18O4.C6H15N.CH4O/c1-15-2-4-16(5-3-15)6-7-17-8-10-18(11-9-17)14-24-20(23)13-12-19(21)22;1-4-7(5-2)6-3;1-2/h2-5,8-11H,12-14H2,1H3,(H,21,22);4-6H2,1-3H3;2H,1H3/i1D;;2T. The Hall–Kier alpha value is -3.14. The fourth-order valence-electron chi connectivity index (χ4n) is 2.61. The van der Waals surface area contributed by atoms with Crippen LogP contribution in [-0.2, 0) is 20.9 Å². The summed E-state index contributed by atoms with van der Waals surface area (Å²) >= 11 is 0. The predicted octanol–water partition coefficient (Wildman–Crippen LogP) is 1.51. The van der Waals surface area contributed by atoms with Crippen LogP contribution in [0.15, 0.2) is 48.5 Å². The van der Waals surface area contributed by atoms with Crippen LogP contribution in [0, 0.1) is 18.7 Å². The Balaban J connectivity index is 0.000000978. The van der Waals surface area contributed by atoms with E-state index in [2.05, 4.69) is 37.7 Å². The number of carboxylic acid groups (broad SMARTS) is 1. The fraction of sp³-hybridized carbons (Fsp3) is 0.407. The highest BCUT2D eigenvalue weighted by atomic mass is 16.5. The molecule has 0 aromatic heterocycles. The summed E-state index contributed by atoms with van der Waals surface area (Å²) < 4.78 is 18.0. The zero-order valence-electron chi connectivity index (χ0n) is 22.1. The lowest BCUT2D eigenvalue weighted by Crippen LogP contribution is -3.11. The molecule has 0 fully saturated rings. The van der Waals surface area contributed by atoms with Crippen molar-refractivity contribution in [1.82, 2.24) is 0 Å². The number of ether oxygens (including phenoxy) is 1. The molecular formula is C27H37NO5. The van der Waals surface area contributed by atoms with Crippen molar-refractivity contribution >= 4 is 11.9 Å². The number of aliphatic hydroxyl groups excluding tert-OH is 1. The van der Waals surface area contributed by atoms with Crippen LogP contribution >= 0.6 is 0 Å². The van der Waals surface area contributed by atoms with Gasteiger partial charge in [-0.15, -0.1) is 0 Å². The summed E-state index contributed by atoms with van der Waals surface area (Å²) in [5.74, 6) is 4.26. The summed E-state index contributed by atoms with van der Waals surface area (Å²) in [6.45, 7) is 10.8. The van der Waals surface area contributed by atoms with Gasteiger partial charge in [0.05, 0.1) is 26.1 Å². The molecule has 0 saturated carbocycles. The zero-order valence-corrected chi connectivity index (χ0v) is 20.1. The zero-order chi connectivity index (χ0) is 26.5. The highest BCUT2D eigenvalue weighted by molar-refractivity contribution is 5.75. The summed E-state index contributed by atoms with van der Waals surface area (Å²) in [5.41, 5.74) is 3.45. The second kappa shape index (κ2) is 18.4. The minimum atomic E-state index is -1.27. The summed E-state index contributed by atoms with van der Waals surface area (Å²) in [5, 5.41) is 13.8. The lowest BCUT2D eigenvalue weighted by Gasteiger charge is -2.10. The molecule has 2 aromatic carbocycles. The maximum atomic E-state index is 11.3. The second-order valence-electron chi connectivity index (χ2n) is 6.99. The smallest absolute Gasteiger partial charge is 0.306 e. The summed E-state index contributed by atoms with van der Waals surface area (Å²) in [7, 11) is 1.29. The number of benzene rings is 2. The number of aliphatic carboxylic acids is 1. The average molecular weight is 459 g/mol. The first-order valence-electron chi connectivity index (χ1n) is 12.1. The molecule has 0 radical (unpaired) electrons. The molecular weight excluding hydrogens is 418 g/mol. The molecule has 0 aliphatic rings. The lowest BCUT2D eigenvalue weighted by atomic mass is 10.1. The van der Waals surface area contributed by atoms with Crippen LogP contribution in [0.5, 0.6) is 0 Å². The number of hydrogen-bond donors (Lipinski definition) is 2. The number of esters is 1. The summed E-state index contributed by atoms with van der Waals surface area (Å²) in [6.07, 6.45) is -0.527. The number of rotatable bonds is 8. The molecule has 0 aliphatic carbocycles. The van der Waals surface area contributed by atoms with Crippen molar-refractivity contribution in [1.29, 1.82) is 1.43 Å². The first-order valence-corrected chi connectivity index (χ1v) is 11.0. The highest BCUT2D eigenvalue weighted by Gasteiger charge is 2.03. The van der Waals surface area contributed by atoms with Crippen LogP contribution in [0.4, 0.5) is 0 Å². The number of aryl methyl sites for hydroxylation is 1. The van der Waals surface area contributed by atoms with Gasteiger partial charge in [0.2, 0.25) is 1.43 Å². The highest BCUT2D eigenvalue weighted by Crippen LogP contribution is 2.07. The van der Waals surface area contributed by atoms with E-state index in [1.165, 1.54) is 26.7 Å². The number of hydrogen-bond acceptors (Lipinski definition) is 5. The van der Waals surface area contributed by atoms with E-state index in [0.717, 1.165) is 22.3 Å². The number of aliphatic hydroxyl groups is 1. The Kier molecular flexibility index (Phi) is 14.6. The van der Waals surface area contributed by atoms with Crippen LogP contribution < -0.4 is 10.0 Å². The molecule has 180 valence electrons. The van der Waals surface area contributed by atoms with Crippen LogP contribution in [0.2, 0.25) is 0 Å². The van der Waals surface area contributed by atoms with Crippen LogP contribution in [0.25, 0.3) is 0 Å². The Morgan fingerprint density at radius 1 is 1.00 bits per heavy atom. The third-order valence-corrected chi connectivity index (χ3v) is 4.69. The number of carboxylic acids is 1. The van der Waals surface area contributed by atoms with Crippen molar-refractivity contribution in [2.45, 2.75) is 47.1 Å². The van der Waals surface area contributed by atoms with E-state index in [0.29, 0.717) is 0 Å². The predicted molar refractivity (Wildman–Crippen MR) is 128 cm³/mol. The van der Waals surface area contributed by atoms with Crippen LogP contribution in [0.1, 0.15) is 57.2 Å². The van der Waals surface area contributed by atoms with Gasteiger partial charge in [-0.25, -0.2) is 0 Å². The molecule has 0 aliphatic heterocycles. The maximum absolute atomic E-state index is 11.3. The Bertz CT molecular complexity index is 896. The van der Waals surface area contributed by atoms with E-state index in [-0.39, 0.29) is 26.3 Å². The third-order valence-electron chi connectivity index (χ3n) is 4.69. The number of carbonyl (C=O) groups is 2. The van der Waals surface area contributed by atoms with Gasteiger partial charge in [-0.2, -0.15) is 0 Å². The van der Waals surface area contributed by atoms with Crippen LogP contribution in [0.3, 0.4) is 0 Å². The van der Waals surface area contributed by atoms with E-state index in [1.54, 1.807) is 17.0 Å². The van der Waals surface area contributed by atoms with Crippen molar-refractivity contribution in [3.63, 3.8) is 0 Å². The molecule has 2 N–H and O–H groups in total. The van der Waals surface area contributed by atoms with Gasteiger partial charge in [-0.3, -0.25) is 4.79 Å². The van der Waals surface area contributed by atoms with Gasteiger partial charge < -0.3 is 24.6 Å². The van der Waals surface area contributed by atoms with Gasteiger partial charge in [0.15, 0.2) is 0 Å². The van der Waals surface area contributed by atoms with Crippen molar-refractivity contribution in [2.24, 2.45) is 0 Å². The van der Waals surface area contributed by atoms with Crippen molar-refractivity contribution in [3.8, 4) is 11.8 Å². The van der Waals surface area contributed by atoms with Crippen LogP contribution in [-0.4, -0.2) is 45.2 Å². The molecule has 0 unspecified atom stereocenters. The quantitative estimate of drug-likeness (QED) is 0.462. The monoisotopic (exact) mass is 458 g/mol. The largest absolute Gasteiger partial charge is 0.550 e. The molecule has 6 heteroatoms. The molecule has 0 saturated heterocycles. The minimum absolute atomic E-state index is 0.0914. The SMILES string of the molecule is CC[NH+](CC)CC.[2H]Cc1ccc(C#Cc2ccc(COC(=O)CCC(=O)[O-])cc2)cc1.[3H]OC. The molecule has 0 amide bonds. The number of quaternary nitrogens is 1. The van der Waals surface area contributed by atoms with E-state index < -0.39 is 11.9 Å². The molecule has 0 bridgehead atoms. The van der Waals surface area contributed by atoms with E-state index >= 15 is 0 Å². The van der Waals surface area contributed by atoms with Gasteiger partial charge in [-0.05, 0) is 63.9 Å². The van der Waals surface area contributed by atoms with Gasteiger partial charge in [0, 0.05) is 25.6 Å². The molecule has 6 nitrogen and oxygen atoms in total. The van der Waals surface area contributed by atoms with E-state index in [4.69, 9.17) is 7.54 Å². The normalized spacial score (nSPS) is 10.2. The van der Waals surface area contributed by atoms with Gasteiger partial charge in [0.1, 0.15) is 6.61 Å². The molecule has 0 heterocycles. The number of nitrogens with one attached hydrogen (secondary N) is 1. The van der Waals surface area contributed by atoms with Gasteiger partial charge >= 0.3 is 5.97 Å². The lowest BCUT2D eigenvalue weighted by molar-refractivity contribution is -0.894. The Morgan fingerprint density at radius 3 is 1.88 bits per heavy atom. The first-order chi connectivity index (χ1) is 16.8. The molecule has 0 atom stereocenters. The Labute approximate surface area is 201 Å². The molecule has 2 aromatic rings. The third kappa shape index (κ3) is 14.5. The van der Waals surface area contributed by atoms with E-state index in [1.807, 2.05) is 36.4 Å². The van der Waals surface area contributed by atoms with Crippen molar-refractivity contribution in [3.05, 3.63) is 70.8 Å². The minimum Gasteiger partial charge on any atom is -0.550 e. The van der Waals surface area contributed by atoms with E-state index in [9.17, 15) is 14.7 Å². The van der Waals surface area contributed by atoms with Gasteiger partial charge in [-0.1, -0.05) is 41.7 Å². The molecule has 0 spiro atoms.